The highest BCUT2D eigenvalue weighted by molar-refractivity contribution is 4.93. The lowest BCUT2D eigenvalue weighted by Gasteiger charge is -2.28. The molecule has 1 heterocycles. The van der Waals surface area contributed by atoms with Gasteiger partial charge in [-0.3, -0.25) is 4.79 Å². The second-order valence-electron chi connectivity index (χ2n) is 4.43. The van der Waals surface area contributed by atoms with Crippen LogP contribution in [0, 0.1) is 0 Å². The van der Waals surface area contributed by atoms with Crippen molar-refractivity contribution in [3.8, 4) is 0 Å². The lowest BCUT2D eigenvalue weighted by atomic mass is 9.96. The fourth-order valence-electron chi connectivity index (χ4n) is 1.62. The van der Waals surface area contributed by atoms with Gasteiger partial charge in [0.2, 0.25) is 0 Å². The van der Waals surface area contributed by atoms with Crippen molar-refractivity contribution in [2.75, 3.05) is 6.54 Å². The van der Waals surface area contributed by atoms with Gasteiger partial charge < -0.3 is 9.88 Å². The van der Waals surface area contributed by atoms with Gasteiger partial charge in [0.05, 0.1) is 0 Å². The lowest BCUT2D eigenvalue weighted by molar-refractivity contribution is 0.325. The molecule has 0 radical (unpaired) electrons. The maximum absolute atomic E-state index is 11.4. The summed E-state index contributed by atoms with van der Waals surface area (Å²) < 4.78 is 1.73. The molecule has 1 N–H and O–H groups in total. The van der Waals surface area contributed by atoms with Crippen LogP contribution in [-0.4, -0.2) is 16.7 Å². The molecule has 16 heavy (non-hydrogen) atoms. The number of hydrogen-bond acceptors (Lipinski definition) is 2. The van der Waals surface area contributed by atoms with Crippen LogP contribution in [0.15, 0.2) is 29.2 Å². The molecule has 90 valence electrons. The number of nitrogens with zero attached hydrogens (tertiary/aromatic N) is 1. The van der Waals surface area contributed by atoms with Gasteiger partial charge in [0.15, 0.2) is 0 Å². The molecule has 0 saturated carbocycles. The molecule has 1 aromatic heterocycles. The smallest absolute Gasteiger partial charge is 0.250 e. The highest BCUT2D eigenvalue weighted by atomic mass is 16.1. The Hall–Kier alpha value is -1.09. The van der Waals surface area contributed by atoms with Crippen molar-refractivity contribution in [1.82, 2.24) is 9.88 Å². The molecule has 0 bridgehead atoms. The van der Waals surface area contributed by atoms with Crippen molar-refractivity contribution in [3.63, 3.8) is 0 Å². The zero-order chi connectivity index (χ0) is 12.0. The number of hydrogen-bond donors (Lipinski definition) is 1. The lowest BCUT2D eigenvalue weighted by Crippen LogP contribution is -2.43. The van der Waals surface area contributed by atoms with Crippen molar-refractivity contribution in [2.24, 2.45) is 0 Å². The first-order chi connectivity index (χ1) is 7.61. The molecule has 0 saturated heterocycles. The Bertz CT molecular complexity index is 366. The van der Waals surface area contributed by atoms with Gasteiger partial charge in [-0.05, 0) is 25.8 Å². The molecule has 3 nitrogen and oxygen atoms in total. The summed E-state index contributed by atoms with van der Waals surface area (Å²) in [6, 6.07) is 5.26. The summed E-state index contributed by atoms with van der Waals surface area (Å²) in [6.07, 6.45) is 4.04. The Morgan fingerprint density at radius 1 is 1.31 bits per heavy atom. The largest absolute Gasteiger partial charge is 0.314 e. The third kappa shape index (κ3) is 3.49. The molecule has 0 aliphatic rings. The second-order valence-corrected chi connectivity index (χ2v) is 4.43. The first-order valence-corrected chi connectivity index (χ1v) is 6.02. The third-order valence-corrected chi connectivity index (χ3v) is 3.36. The summed E-state index contributed by atoms with van der Waals surface area (Å²) in [5.74, 6) is 0. The molecular formula is C13H22N2O. The van der Waals surface area contributed by atoms with Crippen molar-refractivity contribution in [2.45, 2.75) is 45.7 Å². The van der Waals surface area contributed by atoms with E-state index in [1.54, 1.807) is 16.7 Å². The van der Waals surface area contributed by atoms with Crippen molar-refractivity contribution < 1.29 is 0 Å². The molecule has 0 amide bonds. The quantitative estimate of drug-likeness (QED) is 0.799. The van der Waals surface area contributed by atoms with Gasteiger partial charge in [0.1, 0.15) is 0 Å². The summed E-state index contributed by atoms with van der Waals surface area (Å²) in [4.78, 5) is 11.4. The minimum absolute atomic E-state index is 0.0685. The fourth-order valence-corrected chi connectivity index (χ4v) is 1.62. The standard InChI is InChI=1S/C13H22N2O/c1-4-13(3,5-2)14-9-11-15-10-7-6-8-12(15)16/h6-8,10,14H,4-5,9,11H2,1-3H3. The Labute approximate surface area is 97.5 Å². The van der Waals surface area contributed by atoms with Crippen LogP contribution in [-0.2, 0) is 6.54 Å². The monoisotopic (exact) mass is 222 g/mol. The predicted octanol–water partition coefficient (Wildman–Crippen LogP) is 2.02. The van der Waals surface area contributed by atoms with Gasteiger partial charge in [-0.2, -0.15) is 0 Å². The number of nitrogens with one attached hydrogen (secondary N) is 1. The SMILES string of the molecule is CCC(C)(CC)NCCn1ccccc1=O. The average molecular weight is 222 g/mol. The summed E-state index contributed by atoms with van der Waals surface area (Å²) >= 11 is 0. The summed E-state index contributed by atoms with van der Waals surface area (Å²) in [5, 5.41) is 3.51. The van der Waals surface area contributed by atoms with Crippen molar-refractivity contribution in [3.05, 3.63) is 34.7 Å². The molecule has 0 atom stereocenters. The van der Waals surface area contributed by atoms with Crippen LogP contribution in [0.3, 0.4) is 0 Å². The van der Waals surface area contributed by atoms with E-state index in [0.717, 1.165) is 25.9 Å². The van der Waals surface area contributed by atoms with Crippen LogP contribution in [0.25, 0.3) is 0 Å². The van der Waals surface area contributed by atoms with Gasteiger partial charge in [-0.15, -0.1) is 0 Å². The number of aromatic nitrogens is 1. The first-order valence-electron chi connectivity index (χ1n) is 6.02. The van der Waals surface area contributed by atoms with Crippen LogP contribution in [0.4, 0.5) is 0 Å². The molecule has 0 unspecified atom stereocenters. The molecule has 0 fully saturated rings. The van der Waals surface area contributed by atoms with E-state index < -0.39 is 0 Å². The van der Waals surface area contributed by atoms with Gasteiger partial charge in [0.25, 0.3) is 5.56 Å². The third-order valence-electron chi connectivity index (χ3n) is 3.36. The fraction of sp³-hybridized carbons (Fsp3) is 0.615. The molecule has 0 aliphatic heterocycles. The van der Waals surface area contributed by atoms with E-state index in [1.165, 1.54) is 0 Å². The van der Waals surface area contributed by atoms with E-state index >= 15 is 0 Å². The van der Waals surface area contributed by atoms with Gasteiger partial charge in [0, 0.05) is 30.9 Å². The molecule has 0 aromatic carbocycles. The average Bonchev–Trinajstić information content (AvgIpc) is 2.31. The van der Waals surface area contributed by atoms with Gasteiger partial charge in [-0.1, -0.05) is 19.9 Å². The minimum Gasteiger partial charge on any atom is -0.314 e. The molecule has 0 spiro atoms. The van der Waals surface area contributed by atoms with E-state index in [1.807, 2.05) is 12.3 Å². The molecule has 1 aromatic rings. The van der Waals surface area contributed by atoms with Gasteiger partial charge in [-0.25, -0.2) is 0 Å². The van der Waals surface area contributed by atoms with Crippen LogP contribution in [0.2, 0.25) is 0 Å². The Morgan fingerprint density at radius 2 is 2.00 bits per heavy atom. The Balaban J connectivity index is 2.48. The van der Waals surface area contributed by atoms with Crippen LogP contribution in [0.1, 0.15) is 33.6 Å². The van der Waals surface area contributed by atoms with Gasteiger partial charge >= 0.3 is 0 Å². The molecule has 1 rings (SSSR count). The topological polar surface area (TPSA) is 34.0 Å². The van der Waals surface area contributed by atoms with Crippen LogP contribution < -0.4 is 10.9 Å². The zero-order valence-corrected chi connectivity index (χ0v) is 10.5. The zero-order valence-electron chi connectivity index (χ0n) is 10.5. The van der Waals surface area contributed by atoms with Crippen molar-refractivity contribution in [1.29, 1.82) is 0 Å². The van der Waals surface area contributed by atoms with Crippen LogP contribution in [0.5, 0.6) is 0 Å². The maximum atomic E-state index is 11.4. The number of rotatable bonds is 6. The number of pyridine rings is 1. The summed E-state index contributed by atoms with van der Waals surface area (Å²) in [5.41, 5.74) is 0.261. The Kier molecular flexibility index (Phi) is 4.74. The summed E-state index contributed by atoms with van der Waals surface area (Å²) in [7, 11) is 0. The predicted molar refractivity (Wildman–Crippen MR) is 67.7 cm³/mol. The van der Waals surface area contributed by atoms with E-state index in [9.17, 15) is 4.79 Å². The molecular weight excluding hydrogens is 200 g/mol. The van der Waals surface area contributed by atoms with E-state index in [4.69, 9.17) is 0 Å². The molecule has 3 heteroatoms. The van der Waals surface area contributed by atoms with Crippen LogP contribution >= 0.6 is 0 Å². The second kappa shape index (κ2) is 5.85. The minimum atomic E-state index is 0.0685. The highest BCUT2D eigenvalue weighted by Gasteiger charge is 2.17. The maximum Gasteiger partial charge on any atom is 0.250 e. The normalized spacial score (nSPS) is 11.7. The first kappa shape index (κ1) is 13.0. The van der Waals surface area contributed by atoms with E-state index in [0.29, 0.717) is 0 Å². The highest BCUT2D eigenvalue weighted by Crippen LogP contribution is 2.12. The Morgan fingerprint density at radius 3 is 2.56 bits per heavy atom. The van der Waals surface area contributed by atoms with Crippen molar-refractivity contribution >= 4 is 0 Å². The summed E-state index contributed by atoms with van der Waals surface area (Å²) in [6.45, 7) is 8.16. The van der Waals surface area contributed by atoms with E-state index in [2.05, 4.69) is 26.1 Å². The van der Waals surface area contributed by atoms with E-state index in [-0.39, 0.29) is 11.1 Å². The molecule has 0 aliphatic carbocycles.